The topological polar surface area (TPSA) is 112 Å². The summed E-state index contributed by atoms with van der Waals surface area (Å²) in [5.41, 5.74) is 2.47. The summed E-state index contributed by atoms with van der Waals surface area (Å²) in [6.45, 7) is 6.97. The number of anilines is 4. The zero-order valence-electron chi connectivity index (χ0n) is 23.4. The van der Waals surface area contributed by atoms with Crippen LogP contribution in [0.5, 0.6) is 5.75 Å². The second-order valence-corrected chi connectivity index (χ2v) is 11.7. The van der Waals surface area contributed by atoms with Gasteiger partial charge in [-0.1, -0.05) is 31.1 Å². The fraction of sp³-hybridized carbons (Fsp3) is 0.536. The van der Waals surface area contributed by atoms with Crippen molar-refractivity contribution in [3.8, 4) is 16.3 Å². The van der Waals surface area contributed by atoms with Crippen molar-refractivity contribution in [2.45, 2.75) is 57.7 Å². The molecule has 1 amide bonds. The molecular weight excluding hydrogens is 526 g/mol. The number of ether oxygens (including phenoxy) is 1. The number of aromatic nitrogens is 4. The maximum Gasteiger partial charge on any atom is 0.249 e. The van der Waals surface area contributed by atoms with Crippen LogP contribution in [0.4, 0.5) is 23.1 Å². The molecule has 3 aromatic rings. The number of hydrogen-bond acceptors (Lipinski definition) is 11. The highest BCUT2D eigenvalue weighted by Gasteiger charge is 2.41. The first-order valence-corrected chi connectivity index (χ1v) is 15.0. The number of carbonyl (C=O) groups is 1. The van der Waals surface area contributed by atoms with Crippen LogP contribution in [0.3, 0.4) is 0 Å². The van der Waals surface area contributed by atoms with Crippen molar-refractivity contribution in [1.82, 2.24) is 30.4 Å². The number of benzene rings is 1. The van der Waals surface area contributed by atoms with Gasteiger partial charge in [0.2, 0.25) is 11.9 Å². The molecule has 11 nitrogen and oxygen atoms in total. The Labute approximate surface area is 239 Å². The van der Waals surface area contributed by atoms with Gasteiger partial charge in [-0.25, -0.2) is 4.98 Å². The van der Waals surface area contributed by atoms with E-state index in [0.717, 1.165) is 84.8 Å². The van der Waals surface area contributed by atoms with Gasteiger partial charge < -0.3 is 25.2 Å². The van der Waals surface area contributed by atoms with Crippen molar-refractivity contribution in [1.29, 1.82) is 0 Å². The van der Waals surface area contributed by atoms with Crippen molar-refractivity contribution in [2.24, 2.45) is 0 Å². The van der Waals surface area contributed by atoms with Crippen LogP contribution < -0.4 is 25.2 Å². The maximum atomic E-state index is 13.2. The fourth-order valence-electron chi connectivity index (χ4n) is 5.99. The van der Waals surface area contributed by atoms with E-state index in [1.807, 2.05) is 25.2 Å². The number of nitrogens with one attached hydrogen (secondary N) is 2. The van der Waals surface area contributed by atoms with Crippen molar-refractivity contribution in [3.63, 3.8) is 0 Å². The molecule has 1 saturated heterocycles. The van der Waals surface area contributed by atoms with E-state index in [4.69, 9.17) is 9.72 Å². The molecule has 212 valence electrons. The number of likely N-dealkylation sites (N-methyl/N-ethyl adjacent to an activating group) is 1. The van der Waals surface area contributed by atoms with E-state index in [9.17, 15) is 4.79 Å². The number of fused-ring (bicyclic) bond motifs is 1. The molecule has 2 N–H and O–H groups in total. The molecule has 2 fully saturated rings. The lowest BCUT2D eigenvalue weighted by molar-refractivity contribution is -0.120. The van der Waals surface area contributed by atoms with E-state index < -0.39 is 0 Å². The first-order valence-electron chi connectivity index (χ1n) is 14.2. The van der Waals surface area contributed by atoms with Gasteiger partial charge in [-0.2, -0.15) is 4.98 Å². The average molecular weight is 564 g/mol. The number of amides is 1. The lowest BCUT2D eigenvalue weighted by Gasteiger charge is -2.43. The lowest BCUT2D eigenvalue weighted by atomic mass is 10.0. The summed E-state index contributed by atoms with van der Waals surface area (Å²) in [7, 11) is 3.47. The minimum absolute atomic E-state index is 0.108. The van der Waals surface area contributed by atoms with E-state index in [1.54, 1.807) is 29.5 Å². The Morgan fingerprint density at radius 3 is 2.73 bits per heavy atom. The molecule has 1 aliphatic carbocycles. The number of piperazine rings is 1. The highest BCUT2D eigenvalue weighted by atomic mass is 32.1. The highest BCUT2D eigenvalue weighted by molar-refractivity contribution is 7.14. The quantitative estimate of drug-likeness (QED) is 0.421. The molecule has 1 saturated carbocycles. The molecule has 1 atom stereocenters. The number of carbonyl (C=O) groups excluding carboxylic acids is 1. The van der Waals surface area contributed by atoms with Gasteiger partial charge in [-0.05, 0) is 37.5 Å². The van der Waals surface area contributed by atoms with Gasteiger partial charge in [0, 0.05) is 44.8 Å². The first-order chi connectivity index (χ1) is 19.6. The Balaban J connectivity index is 1.24. The van der Waals surface area contributed by atoms with Crippen molar-refractivity contribution < 1.29 is 9.53 Å². The molecule has 0 bridgehead atoms. The molecule has 1 aromatic carbocycles. The first kappa shape index (κ1) is 26.9. The van der Waals surface area contributed by atoms with Crippen LogP contribution in [0, 0.1) is 0 Å². The van der Waals surface area contributed by atoms with Crippen LogP contribution in [0.15, 0.2) is 24.4 Å². The SMILES string of the molecule is CC[C@@H]1C(=O)N(C)c2cnc(Nc3ccc(-c4nnc(CN5CCNCC5)s4)cc3OC)nc2N1C1CCCC1. The van der Waals surface area contributed by atoms with Gasteiger partial charge in [-0.15, -0.1) is 10.2 Å². The Bertz CT molecular complexity index is 1350. The van der Waals surface area contributed by atoms with Crippen LogP contribution in [-0.4, -0.2) is 83.4 Å². The van der Waals surface area contributed by atoms with Gasteiger partial charge >= 0.3 is 0 Å². The molecule has 0 spiro atoms. The lowest BCUT2D eigenvalue weighted by Crippen LogP contribution is -2.55. The number of rotatable bonds is 8. The molecule has 2 aromatic heterocycles. The molecular formula is C28H37N9O2S. The predicted octanol–water partition coefficient (Wildman–Crippen LogP) is 3.66. The monoisotopic (exact) mass is 563 g/mol. The van der Waals surface area contributed by atoms with Crippen LogP contribution >= 0.6 is 11.3 Å². The Morgan fingerprint density at radius 2 is 1.98 bits per heavy atom. The molecule has 4 heterocycles. The minimum Gasteiger partial charge on any atom is -0.495 e. The fourth-order valence-corrected chi connectivity index (χ4v) is 6.86. The summed E-state index contributed by atoms with van der Waals surface area (Å²) < 4.78 is 5.75. The standard InChI is InChI=1S/C28H37N9O2S/c1-4-21-27(38)35(2)22-16-30-28(32-25(22)37(21)19-7-5-6-8-19)31-20-10-9-18(15-23(20)39-3)26-34-33-24(40-26)17-36-13-11-29-12-14-36/h9-10,15-16,19,21,29H,4-8,11-14,17H2,1-3H3,(H,30,31,32)/t21-/m1/s1. The van der Waals surface area contributed by atoms with Gasteiger partial charge in [0.1, 0.15) is 27.5 Å². The Kier molecular flexibility index (Phi) is 7.81. The third-order valence-electron chi connectivity index (χ3n) is 8.14. The Hall–Kier alpha value is -3.35. The molecule has 12 heteroatoms. The van der Waals surface area contributed by atoms with Crippen molar-refractivity contribution in [3.05, 3.63) is 29.4 Å². The summed E-state index contributed by atoms with van der Waals surface area (Å²) in [5, 5.41) is 17.5. The third-order valence-corrected chi connectivity index (χ3v) is 9.10. The number of methoxy groups -OCH3 is 1. The number of nitrogens with zero attached hydrogens (tertiary/aromatic N) is 7. The van der Waals surface area contributed by atoms with Crippen molar-refractivity contribution >= 4 is 40.4 Å². The second-order valence-electron chi connectivity index (χ2n) is 10.6. The van der Waals surface area contributed by atoms with E-state index in [2.05, 4.69) is 42.5 Å². The zero-order chi connectivity index (χ0) is 27.6. The molecule has 2 aliphatic heterocycles. The van der Waals surface area contributed by atoms with Crippen LogP contribution in [-0.2, 0) is 11.3 Å². The van der Waals surface area contributed by atoms with Gasteiger partial charge in [0.05, 0.1) is 25.5 Å². The van der Waals surface area contributed by atoms with Crippen molar-refractivity contribution in [2.75, 3.05) is 55.5 Å². The molecule has 6 rings (SSSR count). The number of hydrogen-bond donors (Lipinski definition) is 2. The molecule has 0 radical (unpaired) electrons. The summed E-state index contributed by atoms with van der Waals surface area (Å²) in [5.74, 6) is 2.07. The van der Waals surface area contributed by atoms with E-state index in [0.29, 0.717) is 17.7 Å². The van der Waals surface area contributed by atoms with Crippen LogP contribution in [0.2, 0.25) is 0 Å². The zero-order valence-corrected chi connectivity index (χ0v) is 24.2. The van der Waals surface area contributed by atoms with Crippen LogP contribution in [0.25, 0.3) is 10.6 Å². The summed E-state index contributed by atoms with van der Waals surface area (Å²) in [6.07, 6.45) is 7.02. The molecule has 3 aliphatic rings. The van der Waals surface area contributed by atoms with E-state index in [-0.39, 0.29) is 11.9 Å². The normalized spacial score (nSPS) is 20.2. The second kappa shape index (κ2) is 11.6. The van der Waals surface area contributed by atoms with Crippen LogP contribution in [0.1, 0.15) is 44.0 Å². The molecule has 40 heavy (non-hydrogen) atoms. The summed E-state index contributed by atoms with van der Waals surface area (Å²) in [4.78, 5) is 29.1. The Morgan fingerprint density at radius 1 is 1.18 bits per heavy atom. The largest absolute Gasteiger partial charge is 0.495 e. The maximum absolute atomic E-state index is 13.2. The molecule has 0 unspecified atom stereocenters. The minimum atomic E-state index is -0.208. The highest BCUT2D eigenvalue weighted by Crippen LogP contribution is 2.40. The van der Waals surface area contributed by atoms with E-state index >= 15 is 0 Å². The summed E-state index contributed by atoms with van der Waals surface area (Å²) in [6, 6.07) is 6.07. The van der Waals surface area contributed by atoms with Gasteiger partial charge in [-0.3, -0.25) is 9.69 Å². The van der Waals surface area contributed by atoms with Gasteiger partial charge in [0.15, 0.2) is 5.82 Å². The predicted molar refractivity (Wildman–Crippen MR) is 158 cm³/mol. The van der Waals surface area contributed by atoms with Gasteiger partial charge in [0.25, 0.3) is 0 Å². The average Bonchev–Trinajstić information content (AvgIpc) is 3.68. The van der Waals surface area contributed by atoms with E-state index in [1.165, 1.54) is 12.8 Å². The third kappa shape index (κ3) is 5.23. The smallest absolute Gasteiger partial charge is 0.249 e. The summed E-state index contributed by atoms with van der Waals surface area (Å²) >= 11 is 1.62.